The Balaban J connectivity index is 1.67. The molecule has 1 amide bonds. The zero-order chi connectivity index (χ0) is 20.2. The molecule has 1 aliphatic rings. The molecule has 1 heterocycles. The standard InChI is InChI=1S/C22H36N2O3S/c1-3-5-6-7-8-9-10-11-12-13-21(25)24(18-14-15-18)16-20-23-19(17-28-20)22(26)27-4-2/h17-18H,3-16H2,1-2H3. The zero-order valence-electron chi connectivity index (χ0n) is 17.6. The minimum absolute atomic E-state index is 0.235. The molecule has 1 saturated carbocycles. The van der Waals surface area contributed by atoms with Crippen LogP contribution in [-0.4, -0.2) is 34.4 Å². The second-order valence-corrected chi connectivity index (χ2v) is 8.62. The SMILES string of the molecule is CCCCCCCCCCCC(=O)N(Cc1nc(C(=O)OCC)cs1)C1CC1. The molecule has 158 valence electrons. The lowest BCUT2D eigenvalue weighted by atomic mass is 10.1. The van der Waals surface area contributed by atoms with Crippen LogP contribution in [0.1, 0.15) is 106 Å². The van der Waals surface area contributed by atoms with Crippen LogP contribution in [0.2, 0.25) is 0 Å². The first-order valence-corrected chi connectivity index (χ1v) is 11.9. The second kappa shape index (κ2) is 12.9. The van der Waals surface area contributed by atoms with Crippen LogP contribution in [0.15, 0.2) is 5.38 Å². The Hall–Kier alpha value is -1.43. The van der Waals surface area contributed by atoms with Gasteiger partial charge in [-0.2, -0.15) is 0 Å². The molecule has 0 N–H and O–H groups in total. The fourth-order valence-corrected chi connectivity index (χ4v) is 4.13. The number of esters is 1. The van der Waals surface area contributed by atoms with Gasteiger partial charge in [0.2, 0.25) is 5.91 Å². The van der Waals surface area contributed by atoms with Gasteiger partial charge in [-0.05, 0) is 26.2 Å². The highest BCUT2D eigenvalue weighted by molar-refractivity contribution is 7.09. The molecule has 1 fully saturated rings. The van der Waals surface area contributed by atoms with E-state index in [4.69, 9.17) is 4.74 Å². The predicted octanol–water partition coefficient (Wildman–Crippen LogP) is 5.73. The van der Waals surface area contributed by atoms with Crippen LogP contribution in [0.3, 0.4) is 0 Å². The molecule has 1 aromatic heterocycles. The summed E-state index contributed by atoms with van der Waals surface area (Å²) in [5.74, 6) is -0.151. The third-order valence-corrected chi connectivity index (χ3v) is 5.98. The summed E-state index contributed by atoms with van der Waals surface area (Å²) in [5, 5.41) is 2.54. The van der Waals surface area contributed by atoms with E-state index in [1.165, 1.54) is 56.3 Å². The van der Waals surface area contributed by atoms with Crippen LogP contribution in [0.4, 0.5) is 0 Å². The van der Waals surface area contributed by atoms with Crippen molar-refractivity contribution in [2.24, 2.45) is 0 Å². The van der Waals surface area contributed by atoms with Crippen LogP contribution in [-0.2, 0) is 16.1 Å². The zero-order valence-corrected chi connectivity index (χ0v) is 18.4. The van der Waals surface area contributed by atoms with E-state index < -0.39 is 0 Å². The molecule has 0 atom stereocenters. The molecule has 0 saturated heterocycles. The van der Waals surface area contributed by atoms with Crippen LogP contribution in [0.5, 0.6) is 0 Å². The molecule has 2 rings (SSSR count). The van der Waals surface area contributed by atoms with E-state index in [2.05, 4.69) is 11.9 Å². The maximum atomic E-state index is 12.7. The highest BCUT2D eigenvalue weighted by Gasteiger charge is 2.32. The first kappa shape index (κ1) is 22.9. The van der Waals surface area contributed by atoms with E-state index in [1.807, 2.05) is 4.90 Å². The van der Waals surface area contributed by atoms with Crippen LogP contribution in [0.25, 0.3) is 0 Å². The van der Waals surface area contributed by atoms with Crippen molar-refractivity contribution in [2.45, 2.75) is 103 Å². The van der Waals surface area contributed by atoms with E-state index in [0.717, 1.165) is 30.7 Å². The van der Waals surface area contributed by atoms with Crippen molar-refractivity contribution in [3.63, 3.8) is 0 Å². The number of carbonyl (C=O) groups is 2. The van der Waals surface area contributed by atoms with Gasteiger partial charge in [-0.1, -0.05) is 58.3 Å². The highest BCUT2D eigenvalue weighted by Crippen LogP contribution is 2.30. The Morgan fingerprint density at radius 2 is 1.71 bits per heavy atom. The van der Waals surface area contributed by atoms with E-state index in [9.17, 15) is 9.59 Å². The van der Waals surface area contributed by atoms with Crippen molar-refractivity contribution in [3.05, 3.63) is 16.1 Å². The highest BCUT2D eigenvalue weighted by atomic mass is 32.1. The summed E-state index contributed by atoms with van der Waals surface area (Å²) in [6.07, 6.45) is 14.1. The van der Waals surface area contributed by atoms with Crippen molar-refractivity contribution in [1.29, 1.82) is 0 Å². The third-order valence-electron chi connectivity index (χ3n) is 5.14. The van der Waals surface area contributed by atoms with Crippen LogP contribution < -0.4 is 0 Å². The number of aromatic nitrogens is 1. The lowest BCUT2D eigenvalue weighted by Crippen LogP contribution is -2.32. The molecular formula is C22H36N2O3S. The van der Waals surface area contributed by atoms with Crippen LogP contribution >= 0.6 is 11.3 Å². The molecule has 0 aliphatic heterocycles. The maximum Gasteiger partial charge on any atom is 0.357 e. The predicted molar refractivity (Wildman–Crippen MR) is 113 cm³/mol. The number of hydrogen-bond donors (Lipinski definition) is 0. The molecule has 0 spiro atoms. The second-order valence-electron chi connectivity index (χ2n) is 7.68. The first-order chi connectivity index (χ1) is 13.7. The van der Waals surface area contributed by atoms with Gasteiger partial charge in [-0.25, -0.2) is 9.78 Å². The van der Waals surface area contributed by atoms with Crippen molar-refractivity contribution in [1.82, 2.24) is 9.88 Å². The number of ether oxygens (including phenoxy) is 1. The Labute approximate surface area is 173 Å². The van der Waals surface area contributed by atoms with Crippen molar-refractivity contribution < 1.29 is 14.3 Å². The van der Waals surface area contributed by atoms with E-state index in [1.54, 1.807) is 12.3 Å². The molecule has 0 radical (unpaired) electrons. The molecule has 0 aromatic carbocycles. The summed E-state index contributed by atoms with van der Waals surface area (Å²) in [4.78, 5) is 30.8. The fraction of sp³-hybridized carbons (Fsp3) is 0.773. The largest absolute Gasteiger partial charge is 0.461 e. The summed E-state index contributed by atoms with van der Waals surface area (Å²) < 4.78 is 4.99. The number of hydrogen-bond acceptors (Lipinski definition) is 5. The topological polar surface area (TPSA) is 59.5 Å². The van der Waals surface area contributed by atoms with Gasteiger partial charge in [-0.15, -0.1) is 11.3 Å². The Kier molecular flexibility index (Phi) is 10.5. The number of carbonyl (C=O) groups excluding carboxylic acids is 2. The number of amides is 1. The molecule has 28 heavy (non-hydrogen) atoms. The molecule has 6 heteroatoms. The van der Waals surface area contributed by atoms with Crippen molar-refractivity contribution in [3.8, 4) is 0 Å². The van der Waals surface area contributed by atoms with Crippen molar-refractivity contribution in [2.75, 3.05) is 6.61 Å². The number of rotatable bonds is 15. The van der Waals surface area contributed by atoms with Gasteiger partial charge in [0.25, 0.3) is 0 Å². The van der Waals surface area contributed by atoms with Gasteiger partial charge in [0.1, 0.15) is 5.01 Å². The van der Waals surface area contributed by atoms with E-state index in [-0.39, 0.29) is 11.9 Å². The van der Waals surface area contributed by atoms with Gasteiger partial charge >= 0.3 is 5.97 Å². The molecule has 1 aliphatic carbocycles. The average molecular weight is 409 g/mol. The molecule has 1 aromatic rings. The van der Waals surface area contributed by atoms with Gasteiger partial charge in [-0.3, -0.25) is 4.79 Å². The number of thiazole rings is 1. The Bertz CT molecular complexity index is 598. The molecular weight excluding hydrogens is 372 g/mol. The monoisotopic (exact) mass is 408 g/mol. The smallest absolute Gasteiger partial charge is 0.357 e. The van der Waals surface area contributed by atoms with Crippen molar-refractivity contribution >= 4 is 23.2 Å². The molecule has 5 nitrogen and oxygen atoms in total. The number of nitrogens with zero attached hydrogens (tertiary/aromatic N) is 2. The lowest BCUT2D eigenvalue weighted by Gasteiger charge is -2.21. The summed E-state index contributed by atoms with van der Waals surface area (Å²) in [6, 6.07) is 0.362. The summed E-state index contributed by atoms with van der Waals surface area (Å²) in [6.45, 7) is 4.89. The third kappa shape index (κ3) is 8.29. The van der Waals surface area contributed by atoms with Gasteiger partial charge in [0.05, 0.1) is 13.2 Å². The quantitative estimate of drug-likeness (QED) is 0.275. The fourth-order valence-electron chi connectivity index (χ4n) is 3.37. The minimum atomic E-state index is -0.385. The summed E-state index contributed by atoms with van der Waals surface area (Å²) in [5.41, 5.74) is 0.351. The van der Waals surface area contributed by atoms with Gasteiger partial charge in [0, 0.05) is 17.8 Å². The summed E-state index contributed by atoms with van der Waals surface area (Å²) >= 11 is 1.43. The van der Waals surface area contributed by atoms with Crippen LogP contribution in [0, 0.1) is 0 Å². The van der Waals surface area contributed by atoms with E-state index in [0.29, 0.717) is 31.3 Å². The van der Waals surface area contributed by atoms with Gasteiger partial charge in [0.15, 0.2) is 5.69 Å². The Morgan fingerprint density at radius 1 is 1.07 bits per heavy atom. The van der Waals surface area contributed by atoms with Gasteiger partial charge < -0.3 is 9.64 Å². The first-order valence-electron chi connectivity index (χ1n) is 11.1. The average Bonchev–Trinajstić information content (AvgIpc) is 3.42. The molecule has 0 bridgehead atoms. The maximum absolute atomic E-state index is 12.7. The summed E-state index contributed by atoms with van der Waals surface area (Å²) in [7, 11) is 0. The minimum Gasteiger partial charge on any atom is -0.461 e. The normalized spacial score (nSPS) is 13.5. The Morgan fingerprint density at radius 3 is 2.32 bits per heavy atom. The van der Waals surface area contributed by atoms with E-state index >= 15 is 0 Å². The number of unbranched alkanes of at least 4 members (excludes halogenated alkanes) is 8. The lowest BCUT2D eigenvalue weighted by molar-refractivity contribution is -0.132. The molecule has 0 unspecified atom stereocenters.